The molecule has 4 saturated carbocycles. The van der Waals surface area contributed by atoms with Gasteiger partial charge < -0.3 is 27.0 Å². The maximum Gasteiger partial charge on any atom is 0.221 e. The molecule has 0 aliphatic heterocycles. The minimum atomic E-state index is -0.168. The zero-order chi connectivity index (χ0) is 32.6. The van der Waals surface area contributed by atoms with E-state index in [4.69, 9.17) is 5.73 Å². The highest BCUT2D eigenvalue weighted by Gasteiger charge is 2.67. The van der Waals surface area contributed by atoms with Crippen molar-refractivity contribution in [3.63, 3.8) is 0 Å². The summed E-state index contributed by atoms with van der Waals surface area (Å²) in [5, 5.41) is 12.2. The molecule has 0 bridgehead atoms. The van der Waals surface area contributed by atoms with Crippen molar-refractivity contribution in [1.29, 1.82) is 0 Å². The first-order valence-corrected chi connectivity index (χ1v) is 18.7. The molecular formula is C37H67N5O3. The highest BCUT2D eigenvalue weighted by molar-refractivity contribution is 5.80. The molecule has 0 aromatic heterocycles. The molecule has 0 heterocycles. The van der Waals surface area contributed by atoms with Crippen LogP contribution in [-0.4, -0.2) is 56.5 Å². The Bertz CT molecular complexity index is 989. The lowest BCUT2D eigenvalue weighted by molar-refractivity contribution is -0.181. The lowest BCUT2D eigenvalue weighted by Gasteiger charge is -2.66. The predicted octanol–water partition coefficient (Wildman–Crippen LogP) is 5.15. The number of hydrogen-bond donors (Lipinski definition) is 5. The van der Waals surface area contributed by atoms with Gasteiger partial charge in [-0.2, -0.15) is 0 Å². The van der Waals surface area contributed by atoms with Gasteiger partial charge in [0, 0.05) is 51.5 Å². The van der Waals surface area contributed by atoms with E-state index in [0.29, 0.717) is 36.5 Å². The number of nitrogens with two attached hydrogens (primary N) is 1. The van der Waals surface area contributed by atoms with E-state index in [9.17, 15) is 14.4 Å². The van der Waals surface area contributed by atoms with Gasteiger partial charge >= 0.3 is 0 Å². The summed E-state index contributed by atoms with van der Waals surface area (Å²) in [6.07, 6.45) is 15.7. The Morgan fingerprint density at radius 3 is 2.11 bits per heavy atom. The number of rotatable bonds is 18. The second kappa shape index (κ2) is 16.4. The molecule has 0 radical (unpaired) electrons. The van der Waals surface area contributed by atoms with Crippen LogP contribution in [0.25, 0.3) is 0 Å². The monoisotopic (exact) mass is 630 g/mol. The zero-order valence-electron chi connectivity index (χ0n) is 29.4. The highest BCUT2D eigenvalue weighted by atomic mass is 16.2. The fourth-order valence-electron chi connectivity index (χ4n) is 10.8. The molecule has 0 spiro atoms. The molecule has 45 heavy (non-hydrogen) atoms. The molecule has 0 aromatic carbocycles. The summed E-state index contributed by atoms with van der Waals surface area (Å²) in [5.41, 5.74) is 6.47. The molecule has 4 aliphatic carbocycles. The van der Waals surface area contributed by atoms with Crippen molar-refractivity contribution in [3.8, 4) is 0 Å². The van der Waals surface area contributed by atoms with Crippen molar-refractivity contribution >= 4 is 17.7 Å². The smallest absolute Gasteiger partial charge is 0.221 e. The van der Waals surface area contributed by atoms with E-state index in [-0.39, 0.29) is 43.5 Å². The van der Waals surface area contributed by atoms with E-state index in [1.165, 1.54) is 64.2 Å². The molecule has 258 valence electrons. The summed E-state index contributed by atoms with van der Waals surface area (Å²) in [6.45, 7) is 15.1. The minimum absolute atomic E-state index is 0.0384. The van der Waals surface area contributed by atoms with Crippen LogP contribution >= 0.6 is 0 Å². The summed E-state index contributed by atoms with van der Waals surface area (Å²) >= 11 is 0. The first kappa shape index (κ1) is 36.2. The number of nitrogens with one attached hydrogen (secondary N) is 4. The molecule has 4 rings (SSSR count). The number of amides is 3. The highest BCUT2D eigenvalue weighted by Crippen LogP contribution is 2.73. The second-order valence-electron chi connectivity index (χ2n) is 16.3. The summed E-state index contributed by atoms with van der Waals surface area (Å²) in [5.74, 6) is 6.03. The van der Waals surface area contributed by atoms with Crippen LogP contribution in [0.2, 0.25) is 0 Å². The topological polar surface area (TPSA) is 125 Å². The Morgan fingerprint density at radius 1 is 0.800 bits per heavy atom. The van der Waals surface area contributed by atoms with Crippen LogP contribution in [0.15, 0.2) is 0 Å². The van der Waals surface area contributed by atoms with Gasteiger partial charge in [0.05, 0.1) is 0 Å². The maximum atomic E-state index is 12.2. The van der Waals surface area contributed by atoms with Crippen LogP contribution in [0, 0.1) is 52.3 Å². The van der Waals surface area contributed by atoms with Crippen LogP contribution in [0.1, 0.15) is 125 Å². The Hall–Kier alpha value is -1.67. The third-order valence-corrected chi connectivity index (χ3v) is 13.1. The van der Waals surface area contributed by atoms with E-state index in [1.807, 2.05) is 0 Å². The predicted molar refractivity (Wildman–Crippen MR) is 182 cm³/mol. The van der Waals surface area contributed by atoms with E-state index in [0.717, 1.165) is 54.4 Å². The second-order valence-corrected chi connectivity index (χ2v) is 16.3. The van der Waals surface area contributed by atoms with Crippen LogP contribution in [-0.2, 0) is 14.4 Å². The average Bonchev–Trinajstić information content (AvgIpc) is 3.26. The van der Waals surface area contributed by atoms with Gasteiger partial charge in [-0.3, -0.25) is 14.4 Å². The molecule has 0 saturated heterocycles. The van der Waals surface area contributed by atoms with Gasteiger partial charge in [-0.1, -0.05) is 53.9 Å². The Balaban J connectivity index is 1.10. The van der Waals surface area contributed by atoms with Crippen molar-refractivity contribution in [3.05, 3.63) is 0 Å². The Labute approximate surface area is 274 Å². The molecule has 4 fully saturated rings. The van der Waals surface area contributed by atoms with Gasteiger partial charge in [-0.15, -0.1) is 0 Å². The molecule has 8 nitrogen and oxygen atoms in total. The molecule has 4 aliphatic rings. The van der Waals surface area contributed by atoms with E-state index in [2.05, 4.69) is 55.9 Å². The normalized spacial score (nSPS) is 35.1. The van der Waals surface area contributed by atoms with Crippen molar-refractivity contribution in [2.75, 3.05) is 32.7 Å². The van der Waals surface area contributed by atoms with E-state index in [1.54, 1.807) is 0 Å². The third kappa shape index (κ3) is 8.82. The number of carbonyl (C=O) groups is 3. The van der Waals surface area contributed by atoms with Crippen LogP contribution in [0.4, 0.5) is 0 Å². The summed E-state index contributed by atoms with van der Waals surface area (Å²) in [6, 6.07) is 0.605. The van der Waals surface area contributed by atoms with Gasteiger partial charge in [0.1, 0.15) is 0 Å². The molecule has 8 heteroatoms. The Kier molecular flexibility index (Phi) is 13.2. The first-order valence-electron chi connectivity index (χ1n) is 18.7. The quantitative estimate of drug-likeness (QED) is 0.134. The fraction of sp³-hybridized carbons (Fsp3) is 0.919. The van der Waals surface area contributed by atoms with Gasteiger partial charge in [-0.25, -0.2) is 0 Å². The molecular weight excluding hydrogens is 562 g/mol. The molecule has 3 amide bonds. The van der Waals surface area contributed by atoms with Crippen molar-refractivity contribution < 1.29 is 14.4 Å². The van der Waals surface area contributed by atoms with Crippen LogP contribution in [0.5, 0.6) is 0 Å². The van der Waals surface area contributed by atoms with Gasteiger partial charge in [0.15, 0.2) is 0 Å². The summed E-state index contributed by atoms with van der Waals surface area (Å²) < 4.78 is 0. The van der Waals surface area contributed by atoms with E-state index < -0.39 is 0 Å². The third-order valence-electron chi connectivity index (χ3n) is 13.1. The number of fused-ring (bicyclic) bond motifs is 5. The van der Waals surface area contributed by atoms with E-state index >= 15 is 0 Å². The average molecular weight is 630 g/mol. The number of hydrogen-bond acceptors (Lipinski definition) is 5. The van der Waals surface area contributed by atoms with Crippen LogP contribution in [0.3, 0.4) is 0 Å². The fourth-order valence-corrected chi connectivity index (χ4v) is 10.8. The largest absolute Gasteiger partial charge is 0.356 e. The van der Waals surface area contributed by atoms with Crippen LogP contribution < -0.4 is 27.0 Å². The van der Waals surface area contributed by atoms with Gasteiger partial charge in [0.2, 0.25) is 17.7 Å². The minimum Gasteiger partial charge on any atom is -0.356 e. The lowest BCUT2D eigenvalue weighted by atomic mass is 9.38. The van der Waals surface area contributed by atoms with Gasteiger partial charge in [-0.05, 0) is 110 Å². The maximum absolute atomic E-state index is 12.2. The summed E-state index contributed by atoms with van der Waals surface area (Å²) in [4.78, 5) is 35.5. The number of carbonyl (C=O) groups excluding carboxylic acids is 3. The molecule has 0 aromatic rings. The molecule has 9 atom stereocenters. The zero-order valence-corrected chi connectivity index (χ0v) is 29.4. The van der Waals surface area contributed by atoms with Gasteiger partial charge in [0.25, 0.3) is 0 Å². The molecule has 9 unspecified atom stereocenters. The number of unbranched alkanes of at least 4 members (excludes halogenated alkanes) is 1. The Morgan fingerprint density at radius 2 is 1.44 bits per heavy atom. The van der Waals surface area contributed by atoms with Crippen molar-refractivity contribution in [2.45, 2.75) is 131 Å². The molecule has 6 N–H and O–H groups in total. The SMILES string of the molecule is CC(C)CCCCC1C(C)C2C3CC4CC(NCCCNC(=O)CCNC(=O)CCNC(=O)CCN)CCC4(C)C3CCC12C. The first-order chi connectivity index (χ1) is 21.5. The lowest BCUT2D eigenvalue weighted by Crippen LogP contribution is -2.60. The van der Waals surface area contributed by atoms with Crippen molar-refractivity contribution in [1.82, 2.24) is 21.3 Å². The summed E-state index contributed by atoms with van der Waals surface area (Å²) in [7, 11) is 0. The standard InChI is InChI=1S/C37H67N5O3/c1-25(2)9-6-7-10-30-26(3)35-29-24-27-23-28(11-16-36(27,4)31(29)12-17-37(30,35)5)39-19-8-20-40-33(44)14-22-42-34(45)15-21-41-32(43)13-18-38/h25-31,35,39H,6-24,38H2,1-5H3,(H,40,44)(H,41,43)(H,42,45). The van der Waals surface area contributed by atoms with Crippen molar-refractivity contribution in [2.24, 2.45) is 58.0 Å².